The molecular weight excluding hydrogens is 725 g/mol. The Morgan fingerprint density at radius 3 is 1.60 bits per heavy atom. The van der Waals surface area contributed by atoms with Crippen molar-refractivity contribution in [1.29, 1.82) is 0 Å². The molecule has 0 bridgehead atoms. The number of halogens is 4. The van der Waals surface area contributed by atoms with Crippen molar-refractivity contribution in [2.45, 2.75) is 37.5 Å². The van der Waals surface area contributed by atoms with Crippen LogP contribution < -0.4 is 0 Å². The normalized spacial score (nSPS) is 18.0. The molecule has 10 rings (SSSR count). The number of Topliss-reactive ketones (excluding diaryl/α,β-unsaturated/α-hetero) is 4. The van der Waals surface area contributed by atoms with Gasteiger partial charge in [-0.15, -0.1) is 45.3 Å². The Morgan fingerprint density at radius 2 is 1.04 bits per heavy atom. The van der Waals surface area contributed by atoms with Gasteiger partial charge in [0.25, 0.3) is 0 Å². The second kappa shape index (κ2) is 10.3. The predicted octanol–water partition coefficient (Wildman–Crippen LogP) is 11.0. The third kappa shape index (κ3) is 3.96. The van der Waals surface area contributed by atoms with Gasteiger partial charge in [-0.3, -0.25) is 19.2 Å². The van der Waals surface area contributed by atoms with E-state index < -0.39 is 51.8 Å². The van der Waals surface area contributed by atoms with Gasteiger partial charge in [0.05, 0.1) is 34.6 Å². The van der Waals surface area contributed by atoms with E-state index in [9.17, 15) is 36.7 Å². The molecule has 2 aromatic carbocycles. The van der Waals surface area contributed by atoms with Crippen molar-refractivity contribution >= 4 is 109 Å². The van der Waals surface area contributed by atoms with Crippen LogP contribution in [0.5, 0.6) is 0 Å². The summed E-state index contributed by atoms with van der Waals surface area (Å²) in [6.45, 7) is 0. The van der Waals surface area contributed by atoms with Gasteiger partial charge in [0, 0.05) is 42.1 Å². The predicted molar refractivity (Wildman–Crippen MR) is 189 cm³/mol. The van der Waals surface area contributed by atoms with Crippen molar-refractivity contribution in [2.75, 3.05) is 0 Å². The minimum Gasteiger partial charge on any atom is -0.288 e. The average molecular weight is 743 g/mol. The Hall–Kier alpha value is -4.36. The average Bonchev–Trinajstić information content (AvgIpc) is 3.93. The van der Waals surface area contributed by atoms with Crippen molar-refractivity contribution in [3.05, 3.63) is 114 Å². The molecular formula is C38H18F4O4S4. The number of hydrogen-bond donors (Lipinski definition) is 0. The van der Waals surface area contributed by atoms with E-state index in [4.69, 9.17) is 0 Å². The summed E-state index contributed by atoms with van der Waals surface area (Å²) in [6.07, 6.45) is 9.95. The Morgan fingerprint density at radius 1 is 0.540 bits per heavy atom. The largest absolute Gasteiger partial charge is 0.288 e. The van der Waals surface area contributed by atoms with Gasteiger partial charge in [-0.05, 0) is 72.5 Å². The van der Waals surface area contributed by atoms with Crippen LogP contribution in [-0.2, 0) is 5.41 Å². The highest BCUT2D eigenvalue weighted by molar-refractivity contribution is 7.44. The molecule has 4 heterocycles. The maximum Gasteiger partial charge on any atom is 0.197 e. The first-order valence-corrected chi connectivity index (χ1v) is 19.0. The number of carbonyl (C=O) groups is 4. The summed E-state index contributed by atoms with van der Waals surface area (Å²) < 4.78 is 62.3. The van der Waals surface area contributed by atoms with Gasteiger partial charge in [0.15, 0.2) is 46.4 Å². The minimum atomic E-state index is -1.18. The number of hydrogen-bond acceptors (Lipinski definition) is 8. The Labute approximate surface area is 295 Å². The molecule has 246 valence electrons. The van der Waals surface area contributed by atoms with Crippen LogP contribution in [0.1, 0.15) is 88.9 Å². The summed E-state index contributed by atoms with van der Waals surface area (Å²) in [6, 6.07) is 5.10. The monoisotopic (exact) mass is 742 g/mol. The summed E-state index contributed by atoms with van der Waals surface area (Å²) in [5.74, 6) is -7.13. The second-order valence-corrected chi connectivity index (χ2v) is 17.2. The van der Waals surface area contributed by atoms with E-state index in [-0.39, 0.29) is 33.4 Å². The van der Waals surface area contributed by atoms with E-state index in [1.54, 1.807) is 40.1 Å². The van der Waals surface area contributed by atoms with E-state index in [1.807, 2.05) is 6.07 Å². The fourth-order valence-corrected chi connectivity index (χ4v) is 14.0. The molecule has 50 heavy (non-hydrogen) atoms. The Balaban J connectivity index is 1.06. The zero-order chi connectivity index (χ0) is 34.4. The molecule has 4 aromatic heterocycles. The van der Waals surface area contributed by atoms with Crippen LogP contribution in [0.3, 0.4) is 0 Å². The first-order chi connectivity index (χ1) is 24.0. The van der Waals surface area contributed by atoms with Crippen LogP contribution >= 0.6 is 45.3 Å². The van der Waals surface area contributed by atoms with E-state index in [0.717, 1.165) is 90.3 Å². The quantitative estimate of drug-likeness (QED) is 0.101. The van der Waals surface area contributed by atoms with E-state index >= 15 is 0 Å². The lowest BCUT2D eigenvalue weighted by atomic mass is 9.67. The van der Waals surface area contributed by atoms with Crippen LogP contribution in [0.4, 0.5) is 17.6 Å². The molecule has 1 fully saturated rings. The molecule has 0 atom stereocenters. The third-order valence-electron chi connectivity index (χ3n) is 10.3. The van der Waals surface area contributed by atoms with Crippen LogP contribution in [-0.4, -0.2) is 23.1 Å². The Bertz CT molecular complexity index is 2670. The van der Waals surface area contributed by atoms with Crippen molar-refractivity contribution in [3.8, 4) is 0 Å². The van der Waals surface area contributed by atoms with Gasteiger partial charge in [-0.2, -0.15) is 0 Å². The lowest BCUT2D eigenvalue weighted by Gasteiger charge is -2.36. The van der Waals surface area contributed by atoms with Crippen molar-refractivity contribution in [3.63, 3.8) is 0 Å². The fraction of sp³-hybridized carbons (Fsp3) is 0.158. The molecule has 4 aliphatic carbocycles. The third-order valence-corrected chi connectivity index (χ3v) is 15.6. The standard InChI is InChI=1S/C38H18F4O4S4/c39-22-10-16-17(11-23(22)40)30(44)20(29(16)43)6-14-7-26-28(38(14)4-2-1-3-5-38)34-36(48-26)37-35(50-34)33-27(49-37)9-15(47-33)8-21-31(45)18-12-24(41)25(42)13-19(18)32(21)46/h6-13H,1-5H2. The van der Waals surface area contributed by atoms with Crippen molar-refractivity contribution in [2.24, 2.45) is 0 Å². The molecule has 0 unspecified atom stereocenters. The van der Waals surface area contributed by atoms with Gasteiger partial charge in [-0.25, -0.2) is 17.6 Å². The van der Waals surface area contributed by atoms with Gasteiger partial charge in [0.2, 0.25) is 0 Å². The minimum absolute atomic E-state index is 0.0701. The summed E-state index contributed by atoms with van der Waals surface area (Å²) in [5, 5.41) is 0. The first kappa shape index (κ1) is 30.5. The zero-order valence-corrected chi connectivity index (χ0v) is 28.7. The molecule has 6 aromatic rings. The van der Waals surface area contributed by atoms with Crippen LogP contribution in [0, 0.1) is 23.3 Å². The van der Waals surface area contributed by atoms with Gasteiger partial charge >= 0.3 is 0 Å². The van der Waals surface area contributed by atoms with Crippen LogP contribution in [0.25, 0.3) is 40.4 Å². The maximum atomic E-state index is 14.0. The lowest BCUT2D eigenvalue weighted by Crippen LogP contribution is -2.29. The zero-order valence-electron chi connectivity index (χ0n) is 25.4. The van der Waals surface area contributed by atoms with Gasteiger partial charge in [-0.1, -0.05) is 19.3 Å². The number of allylic oxidation sites excluding steroid dienone is 4. The fourth-order valence-electron chi connectivity index (χ4n) is 8.02. The van der Waals surface area contributed by atoms with Crippen molar-refractivity contribution in [1.82, 2.24) is 0 Å². The van der Waals surface area contributed by atoms with E-state index in [0.29, 0.717) is 4.88 Å². The second-order valence-electron chi connectivity index (χ2n) is 13.0. The lowest BCUT2D eigenvalue weighted by molar-refractivity contribution is 0.0973. The molecule has 0 N–H and O–H groups in total. The highest BCUT2D eigenvalue weighted by atomic mass is 32.1. The molecule has 12 heteroatoms. The van der Waals surface area contributed by atoms with Crippen molar-refractivity contribution < 1.29 is 36.7 Å². The summed E-state index contributed by atoms with van der Waals surface area (Å²) in [7, 11) is 0. The van der Waals surface area contributed by atoms with E-state index in [1.165, 1.54) is 27.7 Å². The highest BCUT2D eigenvalue weighted by Gasteiger charge is 2.46. The number of fused-ring (bicyclic) bond motifs is 10. The topological polar surface area (TPSA) is 68.3 Å². The molecule has 1 spiro atoms. The molecule has 0 radical (unpaired) electrons. The number of rotatable bonds is 2. The maximum absolute atomic E-state index is 14.0. The molecule has 1 saturated carbocycles. The SMILES string of the molecule is O=C1C(=CC2=Cc3sc4c(sc5c6sc(C=C7C(=O)c8cc(F)c(F)cc8C7=O)cc6sc45)c3C23CCCCC3)C(=O)c2cc(F)c(F)cc21. The van der Waals surface area contributed by atoms with Gasteiger partial charge < -0.3 is 0 Å². The number of thiophene rings is 4. The van der Waals surface area contributed by atoms with Gasteiger partial charge in [0.1, 0.15) is 0 Å². The molecule has 4 aliphatic rings. The Kier molecular flexibility index (Phi) is 6.30. The van der Waals surface area contributed by atoms with Crippen LogP contribution in [0.15, 0.2) is 53.1 Å². The van der Waals surface area contributed by atoms with Crippen LogP contribution in [0.2, 0.25) is 0 Å². The molecule has 0 aliphatic heterocycles. The summed E-state index contributed by atoms with van der Waals surface area (Å²) in [4.78, 5) is 54.4. The molecule has 4 nitrogen and oxygen atoms in total. The number of benzene rings is 2. The molecule has 0 amide bonds. The molecule has 0 saturated heterocycles. The number of ketones is 4. The number of carbonyl (C=O) groups excluding carboxylic acids is 4. The smallest absolute Gasteiger partial charge is 0.197 e. The first-order valence-electron chi connectivity index (χ1n) is 15.8. The van der Waals surface area contributed by atoms with E-state index in [2.05, 4.69) is 6.08 Å². The summed E-state index contributed by atoms with van der Waals surface area (Å²) in [5.41, 5.74) is 0.987. The summed E-state index contributed by atoms with van der Waals surface area (Å²) >= 11 is 6.45. The highest BCUT2D eigenvalue weighted by Crippen LogP contribution is 2.61.